The van der Waals surface area contributed by atoms with E-state index < -0.39 is 0 Å². The Labute approximate surface area is 71.2 Å². The summed E-state index contributed by atoms with van der Waals surface area (Å²) >= 11 is 4.11. The molecule has 0 aromatic heterocycles. The molecule has 0 aliphatic carbocycles. The lowest BCUT2D eigenvalue weighted by Crippen LogP contribution is -1.78. The summed E-state index contributed by atoms with van der Waals surface area (Å²) in [6.45, 7) is 1.91. The van der Waals surface area contributed by atoms with Crippen molar-refractivity contribution in [3.8, 4) is 0 Å². The van der Waals surface area contributed by atoms with Gasteiger partial charge in [-0.15, -0.1) is 12.6 Å². The normalized spacial score (nSPS) is 10.8. The zero-order valence-corrected chi connectivity index (χ0v) is 7.11. The van der Waals surface area contributed by atoms with E-state index in [0.29, 0.717) is 4.90 Å². The molecule has 0 heterocycles. The Kier molecular flexibility index (Phi) is 2.71. The molecule has 1 aromatic carbocycles. The lowest BCUT2D eigenvalue weighted by Gasteiger charge is -1.97. The summed E-state index contributed by atoms with van der Waals surface area (Å²) in [7, 11) is 0. The van der Waals surface area contributed by atoms with Crippen molar-refractivity contribution in [3.63, 3.8) is 0 Å². The molecular formula is C9H9FS. The SMILES string of the molecule is C/C=C/c1ccc(F)cc1S. The fourth-order valence-electron chi connectivity index (χ4n) is 0.837. The second-order valence-electron chi connectivity index (χ2n) is 2.20. The Morgan fingerprint density at radius 3 is 2.73 bits per heavy atom. The highest BCUT2D eigenvalue weighted by Crippen LogP contribution is 2.16. The van der Waals surface area contributed by atoms with Crippen LogP contribution < -0.4 is 0 Å². The fourth-order valence-corrected chi connectivity index (χ4v) is 1.11. The van der Waals surface area contributed by atoms with Gasteiger partial charge >= 0.3 is 0 Å². The monoisotopic (exact) mass is 168 g/mol. The van der Waals surface area contributed by atoms with Crippen molar-refractivity contribution >= 4 is 18.7 Å². The molecule has 0 aliphatic heterocycles. The van der Waals surface area contributed by atoms with Crippen molar-refractivity contribution in [2.24, 2.45) is 0 Å². The third-order valence-corrected chi connectivity index (χ3v) is 1.73. The quantitative estimate of drug-likeness (QED) is 0.612. The van der Waals surface area contributed by atoms with Gasteiger partial charge in [0.25, 0.3) is 0 Å². The minimum atomic E-state index is -0.247. The predicted octanol–water partition coefficient (Wildman–Crippen LogP) is 3.15. The minimum absolute atomic E-state index is 0.247. The summed E-state index contributed by atoms with van der Waals surface area (Å²) in [5.74, 6) is -0.247. The topological polar surface area (TPSA) is 0 Å². The maximum absolute atomic E-state index is 12.5. The molecule has 0 nitrogen and oxygen atoms in total. The van der Waals surface area contributed by atoms with Crippen LogP contribution in [0.2, 0.25) is 0 Å². The minimum Gasteiger partial charge on any atom is -0.207 e. The van der Waals surface area contributed by atoms with Crippen LogP contribution in [0.3, 0.4) is 0 Å². The Morgan fingerprint density at radius 1 is 1.45 bits per heavy atom. The van der Waals surface area contributed by atoms with Crippen molar-refractivity contribution in [3.05, 3.63) is 35.7 Å². The number of hydrogen-bond donors (Lipinski definition) is 1. The average molecular weight is 168 g/mol. The first kappa shape index (κ1) is 8.34. The van der Waals surface area contributed by atoms with E-state index in [2.05, 4.69) is 12.6 Å². The number of benzene rings is 1. The Morgan fingerprint density at radius 2 is 2.18 bits per heavy atom. The van der Waals surface area contributed by atoms with Crippen LogP contribution in [0, 0.1) is 5.82 Å². The van der Waals surface area contributed by atoms with Crippen LogP contribution in [0.15, 0.2) is 29.2 Å². The number of halogens is 1. The second kappa shape index (κ2) is 3.58. The smallest absolute Gasteiger partial charge is 0.124 e. The maximum Gasteiger partial charge on any atom is 0.124 e. The van der Waals surface area contributed by atoms with E-state index in [4.69, 9.17) is 0 Å². The van der Waals surface area contributed by atoms with E-state index in [1.165, 1.54) is 12.1 Å². The van der Waals surface area contributed by atoms with Gasteiger partial charge in [-0.1, -0.05) is 18.2 Å². The Hall–Kier alpha value is -0.760. The van der Waals surface area contributed by atoms with Gasteiger partial charge < -0.3 is 0 Å². The molecule has 11 heavy (non-hydrogen) atoms. The van der Waals surface area contributed by atoms with E-state index in [0.717, 1.165) is 5.56 Å². The first-order chi connectivity index (χ1) is 5.24. The fraction of sp³-hybridized carbons (Fsp3) is 0.111. The summed E-state index contributed by atoms with van der Waals surface area (Å²) in [4.78, 5) is 0.670. The van der Waals surface area contributed by atoms with Crippen LogP contribution in [0.5, 0.6) is 0 Å². The predicted molar refractivity (Wildman–Crippen MR) is 48.4 cm³/mol. The average Bonchev–Trinajstić information content (AvgIpc) is 1.95. The summed E-state index contributed by atoms with van der Waals surface area (Å²) in [5.41, 5.74) is 0.942. The van der Waals surface area contributed by atoms with Crippen molar-refractivity contribution in [1.82, 2.24) is 0 Å². The largest absolute Gasteiger partial charge is 0.207 e. The summed E-state index contributed by atoms with van der Waals surface area (Å²) < 4.78 is 12.5. The highest BCUT2D eigenvalue weighted by atomic mass is 32.1. The van der Waals surface area contributed by atoms with Gasteiger partial charge in [-0.3, -0.25) is 0 Å². The van der Waals surface area contributed by atoms with E-state index in [9.17, 15) is 4.39 Å². The third-order valence-electron chi connectivity index (χ3n) is 1.34. The third kappa shape index (κ3) is 2.09. The van der Waals surface area contributed by atoms with Gasteiger partial charge in [0.1, 0.15) is 5.82 Å². The molecule has 0 saturated carbocycles. The second-order valence-corrected chi connectivity index (χ2v) is 2.68. The van der Waals surface area contributed by atoms with Crippen molar-refractivity contribution in [2.75, 3.05) is 0 Å². The number of allylic oxidation sites excluding steroid dienone is 1. The summed E-state index contributed by atoms with van der Waals surface area (Å²) in [6, 6.07) is 4.53. The van der Waals surface area contributed by atoms with E-state index in [1.54, 1.807) is 6.07 Å². The van der Waals surface area contributed by atoms with Crippen LogP contribution in [0.1, 0.15) is 12.5 Å². The molecule has 0 radical (unpaired) electrons. The van der Waals surface area contributed by atoms with Gasteiger partial charge in [-0.2, -0.15) is 0 Å². The van der Waals surface area contributed by atoms with Crippen LogP contribution in [-0.4, -0.2) is 0 Å². The van der Waals surface area contributed by atoms with Crippen molar-refractivity contribution in [2.45, 2.75) is 11.8 Å². The zero-order chi connectivity index (χ0) is 8.27. The number of thiol groups is 1. The molecule has 0 N–H and O–H groups in total. The molecule has 0 atom stereocenters. The standard InChI is InChI=1S/C9H9FS/c1-2-3-7-4-5-8(10)6-9(7)11/h2-6,11H,1H3/b3-2+. The van der Waals surface area contributed by atoms with Crippen molar-refractivity contribution in [1.29, 1.82) is 0 Å². The van der Waals surface area contributed by atoms with E-state index in [1.807, 2.05) is 19.1 Å². The van der Waals surface area contributed by atoms with Gasteiger partial charge in [-0.05, 0) is 24.6 Å². The van der Waals surface area contributed by atoms with Crippen LogP contribution in [0.25, 0.3) is 6.08 Å². The zero-order valence-electron chi connectivity index (χ0n) is 6.21. The van der Waals surface area contributed by atoms with Crippen molar-refractivity contribution < 1.29 is 4.39 Å². The molecule has 0 spiro atoms. The summed E-state index contributed by atoms with van der Waals surface area (Å²) in [5, 5.41) is 0. The van der Waals surface area contributed by atoms with Gasteiger partial charge in [0.2, 0.25) is 0 Å². The highest BCUT2D eigenvalue weighted by Gasteiger charge is 1.95. The Bertz CT molecular complexity index is 279. The maximum atomic E-state index is 12.5. The molecule has 0 aliphatic rings. The first-order valence-electron chi connectivity index (χ1n) is 3.35. The van der Waals surface area contributed by atoms with Gasteiger partial charge in [-0.25, -0.2) is 4.39 Å². The number of hydrogen-bond acceptors (Lipinski definition) is 1. The first-order valence-corrected chi connectivity index (χ1v) is 3.80. The molecule has 58 valence electrons. The van der Waals surface area contributed by atoms with E-state index in [-0.39, 0.29) is 5.82 Å². The lowest BCUT2D eigenvalue weighted by atomic mass is 10.2. The molecule has 0 amide bonds. The molecule has 0 unspecified atom stereocenters. The molecule has 0 bridgehead atoms. The van der Waals surface area contributed by atoms with Crippen LogP contribution in [-0.2, 0) is 0 Å². The Balaban J connectivity index is 3.09. The molecule has 0 fully saturated rings. The molecule has 1 rings (SSSR count). The number of rotatable bonds is 1. The van der Waals surface area contributed by atoms with Crippen LogP contribution >= 0.6 is 12.6 Å². The summed E-state index contributed by atoms with van der Waals surface area (Å²) in [6.07, 6.45) is 3.79. The van der Waals surface area contributed by atoms with Gasteiger partial charge in [0, 0.05) is 4.90 Å². The molecule has 2 heteroatoms. The molecule has 0 saturated heterocycles. The molecular weight excluding hydrogens is 159 g/mol. The van der Waals surface area contributed by atoms with Gasteiger partial charge in [0.05, 0.1) is 0 Å². The highest BCUT2D eigenvalue weighted by molar-refractivity contribution is 7.80. The molecule has 1 aromatic rings. The van der Waals surface area contributed by atoms with Crippen LogP contribution in [0.4, 0.5) is 4.39 Å². The lowest BCUT2D eigenvalue weighted by molar-refractivity contribution is 0.624. The van der Waals surface area contributed by atoms with Gasteiger partial charge in [0.15, 0.2) is 0 Å². The van der Waals surface area contributed by atoms with E-state index >= 15 is 0 Å².